The van der Waals surface area contributed by atoms with Gasteiger partial charge in [0, 0.05) is 5.02 Å². The van der Waals surface area contributed by atoms with Crippen molar-refractivity contribution in [3.8, 4) is 11.5 Å². The molecular formula is C18H17ClN4O2. The van der Waals surface area contributed by atoms with E-state index in [1.54, 1.807) is 6.21 Å². The molecule has 2 aromatic carbocycles. The van der Waals surface area contributed by atoms with Crippen LogP contribution in [0.25, 0.3) is 0 Å². The van der Waals surface area contributed by atoms with Gasteiger partial charge in [-0.2, -0.15) is 5.10 Å². The molecule has 0 saturated carbocycles. The Kier molecular flexibility index (Phi) is 5.64. The zero-order chi connectivity index (χ0) is 17.5. The number of rotatable bonds is 7. The van der Waals surface area contributed by atoms with Crippen LogP contribution >= 0.6 is 11.6 Å². The van der Waals surface area contributed by atoms with E-state index in [1.807, 2.05) is 49.4 Å². The molecule has 0 bridgehead atoms. The second-order valence-electron chi connectivity index (χ2n) is 5.14. The topological polar surface area (TPSA) is 61.5 Å². The van der Waals surface area contributed by atoms with Crippen molar-refractivity contribution in [2.45, 2.75) is 13.5 Å². The van der Waals surface area contributed by atoms with E-state index in [-0.39, 0.29) is 0 Å². The molecule has 0 spiro atoms. The number of ether oxygens (including phenoxy) is 2. The summed E-state index contributed by atoms with van der Waals surface area (Å²) in [7, 11) is 0. The predicted molar refractivity (Wildman–Crippen MR) is 96.4 cm³/mol. The van der Waals surface area contributed by atoms with Crippen LogP contribution in [-0.4, -0.2) is 27.7 Å². The molecule has 0 atom stereocenters. The number of nitrogens with zero attached hydrogens (tertiary/aromatic N) is 4. The highest BCUT2D eigenvalue weighted by atomic mass is 35.5. The number of hydrogen-bond acceptors (Lipinski definition) is 5. The van der Waals surface area contributed by atoms with Crippen LogP contribution in [0, 0.1) is 0 Å². The fraction of sp³-hybridized carbons (Fsp3) is 0.167. The molecular weight excluding hydrogens is 340 g/mol. The van der Waals surface area contributed by atoms with Crippen LogP contribution in [-0.2, 0) is 6.61 Å². The first-order chi connectivity index (χ1) is 12.2. The highest BCUT2D eigenvalue weighted by Gasteiger charge is 2.07. The molecule has 3 rings (SSSR count). The Morgan fingerprint density at radius 2 is 1.92 bits per heavy atom. The van der Waals surface area contributed by atoms with Crippen molar-refractivity contribution in [2.24, 2.45) is 5.10 Å². The predicted octanol–water partition coefficient (Wildman–Crippen LogP) is 3.79. The van der Waals surface area contributed by atoms with Gasteiger partial charge in [0.2, 0.25) is 0 Å². The van der Waals surface area contributed by atoms with Crippen LogP contribution < -0.4 is 9.47 Å². The minimum absolute atomic E-state index is 0.411. The Hall–Kier alpha value is -2.86. The molecule has 0 radical (unpaired) electrons. The molecule has 128 valence electrons. The zero-order valence-electron chi connectivity index (χ0n) is 13.7. The molecule has 0 aliphatic heterocycles. The van der Waals surface area contributed by atoms with E-state index < -0.39 is 0 Å². The van der Waals surface area contributed by atoms with Gasteiger partial charge >= 0.3 is 0 Å². The maximum atomic E-state index is 6.00. The quantitative estimate of drug-likeness (QED) is 0.604. The van der Waals surface area contributed by atoms with E-state index in [9.17, 15) is 0 Å². The van der Waals surface area contributed by atoms with E-state index in [0.29, 0.717) is 29.7 Å². The molecule has 0 unspecified atom stereocenters. The monoisotopic (exact) mass is 356 g/mol. The average Bonchev–Trinajstić information content (AvgIpc) is 3.13. The lowest BCUT2D eigenvalue weighted by Gasteiger charge is -2.12. The van der Waals surface area contributed by atoms with Gasteiger partial charge in [-0.05, 0) is 48.4 Å². The summed E-state index contributed by atoms with van der Waals surface area (Å²) < 4.78 is 13.1. The average molecular weight is 357 g/mol. The van der Waals surface area contributed by atoms with Gasteiger partial charge in [-0.1, -0.05) is 23.7 Å². The van der Waals surface area contributed by atoms with Gasteiger partial charge in [0.25, 0.3) is 0 Å². The van der Waals surface area contributed by atoms with Gasteiger partial charge < -0.3 is 9.47 Å². The summed E-state index contributed by atoms with van der Waals surface area (Å²) in [6.07, 6.45) is 4.73. The Labute approximate surface area is 150 Å². The highest BCUT2D eigenvalue weighted by molar-refractivity contribution is 6.30. The van der Waals surface area contributed by atoms with Crippen molar-refractivity contribution in [2.75, 3.05) is 6.61 Å². The minimum atomic E-state index is 0.411. The molecule has 0 aliphatic carbocycles. The third-order valence-corrected chi connectivity index (χ3v) is 3.53. The molecule has 1 heterocycles. The lowest BCUT2D eigenvalue weighted by Crippen LogP contribution is -2.00. The van der Waals surface area contributed by atoms with Gasteiger partial charge in [0.15, 0.2) is 11.5 Å². The van der Waals surface area contributed by atoms with Crippen molar-refractivity contribution in [3.05, 3.63) is 71.3 Å². The van der Waals surface area contributed by atoms with E-state index in [0.717, 1.165) is 11.1 Å². The molecule has 0 amide bonds. The maximum Gasteiger partial charge on any atom is 0.161 e. The van der Waals surface area contributed by atoms with Crippen molar-refractivity contribution < 1.29 is 9.47 Å². The molecule has 1 aromatic heterocycles. The number of hydrogen-bond donors (Lipinski definition) is 0. The van der Waals surface area contributed by atoms with E-state index >= 15 is 0 Å². The summed E-state index contributed by atoms with van der Waals surface area (Å²) in [6, 6.07) is 13.2. The smallest absolute Gasteiger partial charge is 0.161 e. The SMILES string of the molecule is CCOc1cc(/C=N\n2cnnc2)ccc1OCc1cccc(Cl)c1. The van der Waals surface area contributed by atoms with Gasteiger partial charge in [-0.3, -0.25) is 0 Å². The largest absolute Gasteiger partial charge is 0.490 e. The van der Waals surface area contributed by atoms with E-state index in [2.05, 4.69) is 15.3 Å². The van der Waals surface area contributed by atoms with Crippen molar-refractivity contribution >= 4 is 17.8 Å². The lowest BCUT2D eigenvalue weighted by molar-refractivity contribution is 0.269. The molecule has 7 heteroatoms. The van der Waals surface area contributed by atoms with Gasteiger partial charge in [0.05, 0.1) is 12.8 Å². The minimum Gasteiger partial charge on any atom is -0.490 e. The van der Waals surface area contributed by atoms with Gasteiger partial charge in [-0.15, -0.1) is 10.2 Å². The van der Waals surface area contributed by atoms with E-state index in [4.69, 9.17) is 21.1 Å². The first-order valence-corrected chi connectivity index (χ1v) is 8.15. The summed E-state index contributed by atoms with van der Waals surface area (Å²) in [5, 5.41) is 12.3. The first-order valence-electron chi connectivity index (χ1n) is 7.77. The van der Waals surface area contributed by atoms with E-state index in [1.165, 1.54) is 17.3 Å². The summed E-state index contributed by atoms with van der Waals surface area (Å²) in [4.78, 5) is 0. The van der Waals surface area contributed by atoms with Crippen LogP contribution in [0.5, 0.6) is 11.5 Å². The van der Waals surface area contributed by atoms with Crippen molar-refractivity contribution in [1.82, 2.24) is 14.9 Å². The number of aromatic nitrogens is 3. The molecule has 6 nitrogen and oxygen atoms in total. The highest BCUT2D eigenvalue weighted by Crippen LogP contribution is 2.29. The second kappa shape index (κ2) is 8.30. The molecule has 0 aliphatic rings. The van der Waals surface area contributed by atoms with Crippen LogP contribution in [0.3, 0.4) is 0 Å². The normalized spacial score (nSPS) is 11.0. The Bertz CT molecular complexity index is 850. The third-order valence-electron chi connectivity index (χ3n) is 3.30. The van der Waals surface area contributed by atoms with Crippen LogP contribution in [0.4, 0.5) is 0 Å². The number of benzene rings is 2. The summed E-state index contributed by atoms with van der Waals surface area (Å²) in [5.41, 5.74) is 1.88. The fourth-order valence-corrected chi connectivity index (χ4v) is 2.38. The first kappa shape index (κ1) is 17.0. The van der Waals surface area contributed by atoms with Crippen LogP contribution in [0.15, 0.2) is 60.2 Å². The van der Waals surface area contributed by atoms with Crippen LogP contribution in [0.1, 0.15) is 18.1 Å². The summed E-state index contributed by atoms with van der Waals surface area (Å²) >= 11 is 6.00. The second-order valence-corrected chi connectivity index (χ2v) is 5.58. The Morgan fingerprint density at radius 3 is 2.68 bits per heavy atom. The molecule has 0 saturated heterocycles. The van der Waals surface area contributed by atoms with Crippen LogP contribution in [0.2, 0.25) is 5.02 Å². The summed E-state index contributed by atoms with van der Waals surface area (Å²) in [5.74, 6) is 1.33. The maximum absolute atomic E-state index is 6.00. The fourth-order valence-electron chi connectivity index (χ4n) is 2.17. The Balaban J connectivity index is 1.74. The van der Waals surface area contributed by atoms with Crippen molar-refractivity contribution in [3.63, 3.8) is 0 Å². The summed E-state index contributed by atoms with van der Waals surface area (Å²) in [6.45, 7) is 2.88. The zero-order valence-corrected chi connectivity index (χ0v) is 14.4. The molecule has 3 aromatic rings. The molecule has 0 fully saturated rings. The third kappa shape index (κ3) is 4.81. The van der Waals surface area contributed by atoms with Crippen molar-refractivity contribution in [1.29, 1.82) is 0 Å². The molecule has 25 heavy (non-hydrogen) atoms. The standard InChI is InChI=1S/C18H17ClN4O2/c1-2-24-18-9-14(10-22-23-12-20-21-13-23)6-7-17(18)25-11-15-4-3-5-16(19)8-15/h3-10,12-13H,2,11H2,1H3/b22-10-. The Morgan fingerprint density at radius 1 is 1.08 bits per heavy atom. The van der Waals surface area contributed by atoms with Gasteiger partial charge in [-0.25, -0.2) is 4.68 Å². The lowest BCUT2D eigenvalue weighted by atomic mass is 10.2. The molecule has 0 N–H and O–H groups in total. The number of halogens is 1. The van der Waals surface area contributed by atoms with Gasteiger partial charge in [0.1, 0.15) is 19.3 Å².